The van der Waals surface area contributed by atoms with E-state index in [1.54, 1.807) is 13.8 Å². The molecule has 1 saturated heterocycles. The Morgan fingerprint density at radius 2 is 1.62 bits per heavy atom. The number of aliphatic imine (C=N–C) groups is 1. The summed E-state index contributed by atoms with van der Waals surface area (Å²) in [7, 11) is 0. The molecule has 0 aromatic rings. The highest BCUT2D eigenvalue weighted by Crippen LogP contribution is 2.21. The predicted molar refractivity (Wildman–Crippen MR) is 148 cm³/mol. The van der Waals surface area contributed by atoms with Crippen molar-refractivity contribution in [1.29, 1.82) is 0 Å². The van der Waals surface area contributed by atoms with Crippen molar-refractivity contribution in [2.45, 2.75) is 90.4 Å². The van der Waals surface area contributed by atoms with Crippen LogP contribution in [0.3, 0.4) is 0 Å². The Labute approximate surface area is 230 Å². The van der Waals surface area contributed by atoms with E-state index >= 15 is 0 Å². The first-order valence-corrected chi connectivity index (χ1v) is 13.6. The number of unbranched alkanes of at least 4 members (excludes halogenated alkanes) is 1. The Hall–Kier alpha value is -3.42. The molecule has 0 radical (unpaired) electrons. The second kappa shape index (κ2) is 16.5. The largest absolute Gasteiger partial charge is 0.370 e. The zero-order chi connectivity index (χ0) is 29.7. The van der Waals surface area contributed by atoms with Crippen LogP contribution in [0.15, 0.2) is 4.99 Å². The van der Waals surface area contributed by atoms with Gasteiger partial charge in [-0.25, -0.2) is 0 Å². The van der Waals surface area contributed by atoms with Crippen molar-refractivity contribution in [2.24, 2.45) is 39.8 Å². The smallest absolute Gasteiger partial charge is 0.246 e. The van der Waals surface area contributed by atoms with Gasteiger partial charge in [0.2, 0.25) is 29.5 Å². The normalized spacial score (nSPS) is 18.0. The summed E-state index contributed by atoms with van der Waals surface area (Å²) in [6, 6.07) is -3.41. The molecule has 14 nitrogen and oxygen atoms in total. The van der Waals surface area contributed by atoms with Gasteiger partial charge >= 0.3 is 0 Å². The maximum atomic E-state index is 13.5. The van der Waals surface area contributed by atoms with Crippen molar-refractivity contribution in [3.63, 3.8) is 0 Å². The lowest BCUT2D eigenvalue weighted by molar-refractivity contribution is -0.143. The van der Waals surface area contributed by atoms with Crippen LogP contribution in [-0.4, -0.2) is 84.2 Å². The van der Waals surface area contributed by atoms with E-state index in [0.717, 1.165) is 0 Å². The molecule has 222 valence electrons. The highest BCUT2D eigenvalue weighted by molar-refractivity contribution is 5.95. The van der Waals surface area contributed by atoms with Crippen molar-refractivity contribution in [3.05, 3.63) is 0 Å². The molecule has 0 saturated carbocycles. The van der Waals surface area contributed by atoms with E-state index in [4.69, 9.17) is 22.9 Å². The van der Waals surface area contributed by atoms with E-state index in [9.17, 15) is 24.0 Å². The Kier molecular flexibility index (Phi) is 14.2. The third kappa shape index (κ3) is 11.1. The Bertz CT molecular complexity index is 891. The summed E-state index contributed by atoms with van der Waals surface area (Å²) in [4.78, 5) is 68.6. The summed E-state index contributed by atoms with van der Waals surface area (Å²) in [6.45, 7) is 7.76. The number of rotatable bonds is 16. The van der Waals surface area contributed by atoms with Crippen molar-refractivity contribution in [3.8, 4) is 0 Å². The lowest BCUT2D eigenvalue weighted by Gasteiger charge is -2.32. The molecular weight excluding hydrogens is 506 g/mol. The summed E-state index contributed by atoms with van der Waals surface area (Å²) < 4.78 is 0. The number of likely N-dealkylation sites (tertiary alicyclic amines) is 1. The summed E-state index contributed by atoms with van der Waals surface area (Å²) >= 11 is 0. The zero-order valence-corrected chi connectivity index (χ0v) is 23.6. The van der Waals surface area contributed by atoms with Crippen molar-refractivity contribution < 1.29 is 24.0 Å². The standard InChI is InChI=1S/C25H47N9O5/c1-5-15(4)20(33-21(36)16(26)9-6-7-11-30-25(28)29)23(38)32-19(14(2)3)24(39)34-12-8-10-17(34)22(37)31-13-18(27)35/h14-17,19-20H,5-13,26H2,1-4H3,(H2,27,35)(H,31,37)(H,32,38)(H,33,36)(H4,28,29,30)/t15?,16?,17-,19-,20-/m0/s1. The molecule has 0 aliphatic carbocycles. The summed E-state index contributed by atoms with van der Waals surface area (Å²) in [5.41, 5.74) is 21.8. The van der Waals surface area contributed by atoms with Crippen LogP contribution >= 0.6 is 0 Å². The molecule has 39 heavy (non-hydrogen) atoms. The Morgan fingerprint density at radius 3 is 2.18 bits per heavy atom. The second-order valence-electron chi connectivity index (χ2n) is 10.4. The fourth-order valence-corrected chi connectivity index (χ4v) is 4.31. The van der Waals surface area contributed by atoms with Gasteiger partial charge in [-0.3, -0.25) is 29.0 Å². The maximum absolute atomic E-state index is 13.5. The van der Waals surface area contributed by atoms with Crippen LogP contribution in [0.2, 0.25) is 0 Å². The Morgan fingerprint density at radius 1 is 0.974 bits per heavy atom. The van der Waals surface area contributed by atoms with Gasteiger partial charge in [-0.1, -0.05) is 34.1 Å². The van der Waals surface area contributed by atoms with E-state index in [1.807, 2.05) is 13.8 Å². The Balaban J connectivity index is 2.89. The van der Waals surface area contributed by atoms with Crippen molar-refractivity contribution in [2.75, 3.05) is 19.6 Å². The molecule has 0 aromatic carbocycles. The number of carbonyl (C=O) groups excluding carboxylic acids is 5. The van der Waals surface area contributed by atoms with E-state index < -0.39 is 53.7 Å². The number of nitrogens with two attached hydrogens (primary N) is 4. The van der Waals surface area contributed by atoms with Gasteiger partial charge in [0, 0.05) is 13.1 Å². The fraction of sp³-hybridized carbons (Fsp3) is 0.760. The topological polar surface area (TPSA) is 241 Å². The molecule has 1 rings (SSSR count). The fourth-order valence-electron chi connectivity index (χ4n) is 4.31. The number of nitrogens with zero attached hydrogens (tertiary/aromatic N) is 2. The minimum Gasteiger partial charge on any atom is -0.370 e. The first kappa shape index (κ1) is 33.6. The average Bonchev–Trinajstić information content (AvgIpc) is 3.37. The molecule has 1 aliphatic heterocycles. The van der Waals surface area contributed by atoms with Crippen LogP contribution in [0.25, 0.3) is 0 Å². The molecule has 1 heterocycles. The minimum atomic E-state index is -0.922. The van der Waals surface area contributed by atoms with Gasteiger partial charge in [0.25, 0.3) is 0 Å². The van der Waals surface area contributed by atoms with E-state index in [0.29, 0.717) is 51.6 Å². The molecule has 5 atom stereocenters. The van der Waals surface area contributed by atoms with Gasteiger partial charge in [0.05, 0.1) is 12.6 Å². The zero-order valence-electron chi connectivity index (χ0n) is 23.6. The van der Waals surface area contributed by atoms with Gasteiger partial charge in [-0.05, 0) is 43.9 Å². The highest BCUT2D eigenvalue weighted by atomic mass is 16.2. The SMILES string of the molecule is CCC(C)[C@H](NC(=O)C(N)CCCCN=C(N)N)C(=O)N[C@H](C(=O)N1CCC[C@H]1C(=O)NCC(N)=O)C(C)C. The van der Waals surface area contributed by atoms with Crippen LogP contribution in [0.1, 0.15) is 66.2 Å². The maximum Gasteiger partial charge on any atom is 0.246 e. The lowest BCUT2D eigenvalue weighted by Crippen LogP contribution is -2.60. The van der Waals surface area contributed by atoms with Gasteiger partial charge < -0.3 is 43.8 Å². The van der Waals surface area contributed by atoms with Crippen LogP contribution in [0.4, 0.5) is 0 Å². The van der Waals surface area contributed by atoms with E-state index in [1.165, 1.54) is 4.90 Å². The van der Waals surface area contributed by atoms with Gasteiger partial charge in [0.15, 0.2) is 5.96 Å². The minimum absolute atomic E-state index is 0.00392. The van der Waals surface area contributed by atoms with Crippen molar-refractivity contribution >= 4 is 35.5 Å². The third-order valence-electron chi connectivity index (χ3n) is 6.85. The molecule has 1 fully saturated rings. The summed E-state index contributed by atoms with van der Waals surface area (Å²) in [5.74, 6) is -3.04. The van der Waals surface area contributed by atoms with Crippen molar-refractivity contribution in [1.82, 2.24) is 20.9 Å². The summed E-state index contributed by atoms with van der Waals surface area (Å²) in [6.07, 6.45) is 3.31. The van der Waals surface area contributed by atoms with E-state index in [-0.39, 0.29) is 24.3 Å². The molecule has 0 spiro atoms. The molecule has 1 aliphatic rings. The van der Waals surface area contributed by atoms with Crippen LogP contribution < -0.4 is 38.9 Å². The molecule has 0 aromatic heterocycles. The third-order valence-corrected chi connectivity index (χ3v) is 6.85. The van der Waals surface area contributed by atoms with Gasteiger partial charge in [-0.2, -0.15) is 0 Å². The van der Waals surface area contributed by atoms with E-state index in [2.05, 4.69) is 20.9 Å². The van der Waals surface area contributed by atoms with Gasteiger partial charge in [-0.15, -0.1) is 0 Å². The number of amides is 5. The van der Waals surface area contributed by atoms with Gasteiger partial charge in [0.1, 0.15) is 18.1 Å². The number of hydrogen-bond donors (Lipinski definition) is 7. The van der Waals surface area contributed by atoms with Crippen LogP contribution in [0, 0.1) is 11.8 Å². The molecule has 2 unspecified atom stereocenters. The highest BCUT2D eigenvalue weighted by Gasteiger charge is 2.40. The second-order valence-corrected chi connectivity index (χ2v) is 10.4. The summed E-state index contributed by atoms with van der Waals surface area (Å²) in [5, 5.41) is 8.01. The molecular formula is C25H47N9O5. The first-order valence-electron chi connectivity index (χ1n) is 13.6. The molecule has 11 N–H and O–H groups in total. The quantitative estimate of drug-likeness (QED) is 0.0640. The predicted octanol–water partition coefficient (Wildman–Crippen LogP) is -1.98. The first-order chi connectivity index (χ1) is 18.3. The van der Waals surface area contributed by atoms with Crippen LogP contribution in [-0.2, 0) is 24.0 Å². The number of hydrogen-bond acceptors (Lipinski definition) is 7. The number of guanidine groups is 1. The van der Waals surface area contributed by atoms with Crippen LogP contribution in [0.5, 0.6) is 0 Å². The molecule has 0 bridgehead atoms. The average molecular weight is 554 g/mol. The molecule has 14 heteroatoms. The number of nitrogens with one attached hydrogen (secondary N) is 3. The number of primary amides is 1. The number of carbonyl (C=O) groups is 5. The monoisotopic (exact) mass is 553 g/mol. The lowest BCUT2D eigenvalue weighted by atomic mass is 9.95. The molecule has 5 amide bonds.